The molecule has 0 unspecified atom stereocenters. The molecule has 6 nitrogen and oxygen atoms in total. The molecule has 1 heterocycles. The van der Waals surface area contributed by atoms with Crippen molar-refractivity contribution >= 4 is 11.8 Å². The van der Waals surface area contributed by atoms with Crippen molar-refractivity contribution < 1.29 is 23.6 Å². The fraction of sp³-hybridized carbons (Fsp3) is 0.267. The lowest BCUT2D eigenvalue weighted by molar-refractivity contribution is 0.0281. The number of aromatic nitrogens is 1. The zero-order chi connectivity index (χ0) is 15.4. The van der Waals surface area contributed by atoms with Crippen LogP contribution >= 0.6 is 0 Å². The fourth-order valence-corrected chi connectivity index (χ4v) is 1.72. The predicted molar refractivity (Wildman–Crippen MR) is 73.4 cm³/mol. The zero-order valence-electron chi connectivity index (χ0n) is 12.0. The number of hydrogen-bond donors (Lipinski definition) is 0. The van der Waals surface area contributed by atoms with Gasteiger partial charge in [-0.25, -0.2) is 4.79 Å². The highest BCUT2D eigenvalue weighted by Gasteiger charge is 2.22. The first-order valence-electron chi connectivity index (χ1n) is 6.34. The molecule has 2 rings (SSSR count). The van der Waals surface area contributed by atoms with Gasteiger partial charge in [-0.3, -0.25) is 4.79 Å². The Labute approximate surface area is 121 Å². The summed E-state index contributed by atoms with van der Waals surface area (Å²) in [5.41, 5.74) is 1.00. The molecule has 0 saturated carbocycles. The van der Waals surface area contributed by atoms with E-state index in [9.17, 15) is 9.59 Å². The van der Waals surface area contributed by atoms with E-state index in [4.69, 9.17) is 14.0 Å². The average molecular weight is 289 g/mol. The molecule has 0 N–H and O–H groups in total. The van der Waals surface area contributed by atoms with Gasteiger partial charge in [-0.05, 0) is 38.1 Å². The molecule has 0 aliphatic rings. The largest absolute Gasteiger partial charge is 0.497 e. The molecule has 0 aliphatic carbocycles. The number of carbonyl (C=O) groups is 2. The molecular weight excluding hydrogens is 274 g/mol. The smallest absolute Gasteiger partial charge is 0.377 e. The number of aryl methyl sites for hydroxylation is 1. The Kier molecular flexibility index (Phi) is 4.37. The average Bonchev–Trinajstić information content (AvgIpc) is 2.93. The first-order chi connectivity index (χ1) is 10.0. The third kappa shape index (κ3) is 3.47. The second-order valence-electron chi connectivity index (χ2n) is 4.47. The minimum Gasteiger partial charge on any atom is -0.497 e. The van der Waals surface area contributed by atoms with Gasteiger partial charge in [0.25, 0.3) is 0 Å². The third-order valence-corrected chi connectivity index (χ3v) is 2.86. The molecule has 0 amide bonds. The first-order valence-corrected chi connectivity index (χ1v) is 6.34. The SMILES string of the molecule is COc1ccc(C(=O)[C@@H](C)OC(=O)c2cc(C)no2)cc1. The Bertz CT molecular complexity index is 644. The number of Topliss-reactive ketones (excluding diaryl/α,β-unsaturated/α-hetero) is 1. The number of ketones is 1. The van der Waals surface area contributed by atoms with Crippen LogP contribution in [-0.2, 0) is 4.74 Å². The number of nitrogens with zero attached hydrogens (tertiary/aromatic N) is 1. The van der Waals surface area contributed by atoms with Gasteiger partial charge in [0, 0.05) is 11.6 Å². The molecule has 0 radical (unpaired) electrons. The Morgan fingerprint density at radius 3 is 2.43 bits per heavy atom. The highest BCUT2D eigenvalue weighted by molar-refractivity contribution is 6.01. The summed E-state index contributed by atoms with van der Waals surface area (Å²) >= 11 is 0. The van der Waals surface area contributed by atoms with Gasteiger partial charge in [-0.1, -0.05) is 5.16 Å². The predicted octanol–water partition coefficient (Wildman–Crippen LogP) is 2.42. The number of rotatable bonds is 5. The van der Waals surface area contributed by atoms with Crippen molar-refractivity contribution in [3.05, 3.63) is 47.3 Å². The van der Waals surface area contributed by atoms with E-state index in [2.05, 4.69) is 5.16 Å². The summed E-state index contributed by atoms with van der Waals surface area (Å²) in [5, 5.41) is 3.59. The second-order valence-corrected chi connectivity index (χ2v) is 4.47. The molecule has 1 aromatic carbocycles. The van der Waals surface area contributed by atoms with Crippen molar-refractivity contribution in [2.24, 2.45) is 0 Å². The van der Waals surface area contributed by atoms with Crippen molar-refractivity contribution in [2.45, 2.75) is 20.0 Å². The van der Waals surface area contributed by atoms with Crippen LogP contribution in [0.3, 0.4) is 0 Å². The van der Waals surface area contributed by atoms with Gasteiger partial charge in [-0.15, -0.1) is 0 Å². The van der Waals surface area contributed by atoms with Crippen LogP contribution < -0.4 is 4.74 Å². The van der Waals surface area contributed by atoms with Crippen molar-refractivity contribution in [1.29, 1.82) is 0 Å². The van der Waals surface area contributed by atoms with Crippen LogP contribution in [0.4, 0.5) is 0 Å². The van der Waals surface area contributed by atoms with Crippen LogP contribution in [-0.4, -0.2) is 30.1 Å². The monoisotopic (exact) mass is 289 g/mol. The molecule has 0 saturated heterocycles. The van der Waals surface area contributed by atoms with Gasteiger partial charge in [0.05, 0.1) is 12.8 Å². The van der Waals surface area contributed by atoms with Gasteiger partial charge in [-0.2, -0.15) is 0 Å². The number of benzene rings is 1. The first kappa shape index (κ1) is 14.8. The van der Waals surface area contributed by atoms with Crippen molar-refractivity contribution in [3.63, 3.8) is 0 Å². The Morgan fingerprint density at radius 2 is 1.90 bits per heavy atom. The maximum atomic E-state index is 12.2. The van der Waals surface area contributed by atoms with Gasteiger partial charge in [0.15, 0.2) is 6.10 Å². The quantitative estimate of drug-likeness (QED) is 0.621. The molecule has 1 aromatic heterocycles. The number of esters is 1. The number of methoxy groups -OCH3 is 1. The summed E-state index contributed by atoms with van der Waals surface area (Å²) < 4.78 is 14.9. The van der Waals surface area contributed by atoms with Crippen molar-refractivity contribution in [2.75, 3.05) is 7.11 Å². The minimum absolute atomic E-state index is 0.0260. The Morgan fingerprint density at radius 1 is 1.24 bits per heavy atom. The van der Waals surface area contributed by atoms with Crippen LogP contribution in [0.5, 0.6) is 5.75 Å². The fourth-order valence-electron chi connectivity index (χ4n) is 1.72. The topological polar surface area (TPSA) is 78.6 Å². The highest BCUT2D eigenvalue weighted by atomic mass is 16.6. The van der Waals surface area contributed by atoms with E-state index in [1.807, 2.05) is 0 Å². The summed E-state index contributed by atoms with van der Waals surface area (Å²) in [7, 11) is 1.54. The highest BCUT2D eigenvalue weighted by Crippen LogP contribution is 2.14. The van der Waals surface area contributed by atoms with Crippen LogP contribution in [0.2, 0.25) is 0 Å². The maximum Gasteiger partial charge on any atom is 0.377 e. The Hall–Kier alpha value is -2.63. The summed E-state index contributed by atoms with van der Waals surface area (Å²) in [6.45, 7) is 3.19. The van der Waals surface area contributed by atoms with Crippen LogP contribution in [0.1, 0.15) is 33.5 Å². The number of hydrogen-bond acceptors (Lipinski definition) is 6. The van der Waals surface area contributed by atoms with Gasteiger partial charge >= 0.3 is 5.97 Å². The lowest BCUT2D eigenvalue weighted by Gasteiger charge is -2.11. The summed E-state index contributed by atoms with van der Waals surface area (Å²) in [6.07, 6.45) is -0.920. The molecular formula is C15H15NO5. The van der Waals surface area contributed by atoms with E-state index in [1.54, 1.807) is 38.3 Å². The molecule has 2 aromatic rings. The van der Waals surface area contributed by atoms with Crippen molar-refractivity contribution in [1.82, 2.24) is 5.16 Å². The summed E-state index contributed by atoms with van der Waals surface area (Å²) in [6, 6.07) is 8.02. The van der Waals surface area contributed by atoms with Crippen LogP contribution in [0.15, 0.2) is 34.9 Å². The molecule has 1 atom stereocenters. The number of ether oxygens (including phenoxy) is 2. The molecule has 0 fully saturated rings. The van der Waals surface area contributed by atoms with Gasteiger partial charge < -0.3 is 14.0 Å². The van der Waals surface area contributed by atoms with Crippen LogP contribution in [0.25, 0.3) is 0 Å². The maximum absolute atomic E-state index is 12.2. The van der Waals surface area contributed by atoms with Crippen LogP contribution in [0, 0.1) is 6.92 Å². The minimum atomic E-state index is -0.920. The number of carbonyl (C=O) groups excluding carboxylic acids is 2. The molecule has 21 heavy (non-hydrogen) atoms. The zero-order valence-corrected chi connectivity index (χ0v) is 12.0. The third-order valence-electron chi connectivity index (χ3n) is 2.86. The lowest BCUT2D eigenvalue weighted by atomic mass is 10.1. The van der Waals surface area contributed by atoms with E-state index >= 15 is 0 Å². The Balaban J connectivity index is 2.03. The standard InChI is InChI=1S/C15H15NO5/c1-9-8-13(21-16-9)15(18)20-10(2)14(17)11-4-6-12(19-3)7-5-11/h4-8,10H,1-3H3/t10-/m1/s1. The molecule has 0 aliphatic heterocycles. The van der Waals surface area contributed by atoms with E-state index in [1.165, 1.54) is 13.0 Å². The van der Waals surface area contributed by atoms with E-state index < -0.39 is 12.1 Å². The summed E-state index contributed by atoms with van der Waals surface area (Å²) in [5.74, 6) is -0.401. The van der Waals surface area contributed by atoms with Gasteiger partial charge in [0.1, 0.15) is 5.75 Å². The summed E-state index contributed by atoms with van der Waals surface area (Å²) in [4.78, 5) is 23.9. The lowest BCUT2D eigenvalue weighted by Crippen LogP contribution is -2.24. The van der Waals surface area contributed by atoms with E-state index in [-0.39, 0.29) is 11.5 Å². The molecule has 0 bridgehead atoms. The molecule has 110 valence electrons. The van der Waals surface area contributed by atoms with Gasteiger partial charge in [0.2, 0.25) is 11.5 Å². The van der Waals surface area contributed by atoms with E-state index in [0.29, 0.717) is 17.0 Å². The normalized spacial score (nSPS) is 11.8. The second kappa shape index (κ2) is 6.21. The molecule has 0 spiro atoms. The molecule has 6 heteroatoms. The van der Waals surface area contributed by atoms with E-state index in [0.717, 1.165) is 0 Å². The van der Waals surface area contributed by atoms with Crippen molar-refractivity contribution in [3.8, 4) is 5.75 Å².